The monoisotopic (exact) mass is 301 g/mol. The molecule has 0 heterocycles. The lowest BCUT2D eigenvalue weighted by atomic mass is 9.97. The molecular weight excluding hydrogens is 289 g/mol. The second kappa shape index (κ2) is 5.81. The number of hydrogen-bond acceptors (Lipinski definition) is 1. The summed E-state index contributed by atoms with van der Waals surface area (Å²) in [5, 5.41) is 0. The SMILES string of the molecule is NC(Cc1c(F)cccc1F)c1cccc(C(F)(F)F)c1. The molecule has 2 N–H and O–H groups in total. The first kappa shape index (κ1) is 15.4. The van der Waals surface area contributed by atoms with E-state index in [2.05, 4.69) is 0 Å². The van der Waals surface area contributed by atoms with Crippen LogP contribution in [0.25, 0.3) is 0 Å². The minimum absolute atomic E-state index is 0.174. The van der Waals surface area contributed by atoms with E-state index in [4.69, 9.17) is 5.73 Å². The zero-order valence-corrected chi connectivity index (χ0v) is 10.8. The van der Waals surface area contributed by atoms with Crippen LogP contribution in [0.1, 0.15) is 22.7 Å². The Morgan fingerprint density at radius 1 is 0.952 bits per heavy atom. The van der Waals surface area contributed by atoms with Crippen LogP contribution in [0.5, 0.6) is 0 Å². The van der Waals surface area contributed by atoms with E-state index < -0.39 is 29.4 Å². The lowest BCUT2D eigenvalue weighted by Gasteiger charge is -2.15. The molecule has 0 radical (unpaired) electrons. The van der Waals surface area contributed by atoms with Gasteiger partial charge in [-0.2, -0.15) is 13.2 Å². The van der Waals surface area contributed by atoms with Crippen LogP contribution in [0.4, 0.5) is 22.0 Å². The van der Waals surface area contributed by atoms with E-state index in [9.17, 15) is 22.0 Å². The number of benzene rings is 2. The fourth-order valence-corrected chi connectivity index (χ4v) is 2.01. The number of halogens is 5. The first-order valence-electron chi connectivity index (χ1n) is 6.14. The molecule has 0 saturated carbocycles. The Bertz CT molecular complexity index is 616. The van der Waals surface area contributed by atoms with Gasteiger partial charge in [0.1, 0.15) is 11.6 Å². The van der Waals surface area contributed by atoms with Crippen molar-refractivity contribution < 1.29 is 22.0 Å². The van der Waals surface area contributed by atoms with Crippen molar-refractivity contribution in [3.05, 3.63) is 70.8 Å². The van der Waals surface area contributed by atoms with E-state index in [0.717, 1.165) is 24.3 Å². The van der Waals surface area contributed by atoms with Gasteiger partial charge in [-0.15, -0.1) is 0 Å². The molecule has 0 aliphatic carbocycles. The van der Waals surface area contributed by atoms with Gasteiger partial charge < -0.3 is 5.73 Å². The Labute approximate surface area is 118 Å². The average molecular weight is 301 g/mol. The fourth-order valence-electron chi connectivity index (χ4n) is 2.01. The molecule has 0 aromatic heterocycles. The van der Waals surface area contributed by atoms with E-state index in [1.165, 1.54) is 18.2 Å². The van der Waals surface area contributed by atoms with E-state index >= 15 is 0 Å². The molecule has 0 spiro atoms. The van der Waals surface area contributed by atoms with Gasteiger partial charge >= 0.3 is 6.18 Å². The van der Waals surface area contributed by atoms with Gasteiger partial charge in [-0.3, -0.25) is 0 Å². The Kier molecular flexibility index (Phi) is 4.27. The first-order valence-corrected chi connectivity index (χ1v) is 6.14. The molecule has 0 bridgehead atoms. The van der Waals surface area contributed by atoms with Crippen LogP contribution in [0.3, 0.4) is 0 Å². The van der Waals surface area contributed by atoms with E-state index in [1.54, 1.807) is 0 Å². The van der Waals surface area contributed by atoms with Gasteiger partial charge in [0.15, 0.2) is 0 Å². The molecule has 21 heavy (non-hydrogen) atoms. The Morgan fingerprint density at radius 2 is 1.52 bits per heavy atom. The van der Waals surface area contributed by atoms with Crippen LogP contribution >= 0.6 is 0 Å². The molecular formula is C15H12F5N. The molecule has 0 amide bonds. The number of alkyl halides is 3. The molecule has 1 unspecified atom stereocenters. The highest BCUT2D eigenvalue weighted by molar-refractivity contribution is 5.30. The van der Waals surface area contributed by atoms with Crippen molar-refractivity contribution in [1.82, 2.24) is 0 Å². The van der Waals surface area contributed by atoms with Crippen molar-refractivity contribution in [1.29, 1.82) is 0 Å². The Balaban J connectivity index is 2.27. The molecule has 2 aromatic rings. The van der Waals surface area contributed by atoms with Crippen LogP contribution in [0, 0.1) is 11.6 Å². The highest BCUT2D eigenvalue weighted by Crippen LogP contribution is 2.31. The average Bonchev–Trinajstić information content (AvgIpc) is 2.42. The molecule has 112 valence electrons. The summed E-state index contributed by atoms with van der Waals surface area (Å²) in [5.74, 6) is -1.53. The normalized spacial score (nSPS) is 13.2. The van der Waals surface area contributed by atoms with Crippen LogP contribution < -0.4 is 5.73 Å². The third-order valence-electron chi connectivity index (χ3n) is 3.13. The standard InChI is InChI=1S/C15H12F5N/c16-12-5-2-6-13(17)11(12)8-14(21)9-3-1-4-10(7-9)15(18,19)20/h1-7,14H,8,21H2. The van der Waals surface area contributed by atoms with Crippen molar-refractivity contribution in [2.45, 2.75) is 18.6 Å². The fraction of sp³-hybridized carbons (Fsp3) is 0.200. The third kappa shape index (κ3) is 3.58. The predicted octanol–water partition coefficient (Wildman–Crippen LogP) is 4.23. The zero-order chi connectivity index (χ0) is 15.6. The molecule has 0 saturated heterocycles. The minimum Gasteiger partial charge on any atom is -0.324 e. The van der Waals surface area contributed by atoms with Crippen molar-refractivity contribution >= 4 is 0 Å². The highest BCUT2D eigenvalue weighted by Gasteiger charge is 2.30. The van der Waals surface area contributed by atoms with Gasteiger partial charge in [0.25, 0.3) is 0 Å². The smallest absolute Gasteiger partial charge is 0.324 e. The summed E-state index contributed by atoms with van der Waals surface area (Å²) in [6.07, 6.45) is -4.71. The maximum Gasteiger partial charge on any atom is 0.416 e. The first-order chi connectivity index (χ1) is 9.79. The van der Waals surface area contributed by atoms with Gasteiger partial charge in [-0.1, -0.05) is 18.2 Å². The number of rotatable bonds is 3. The van der Waals surface area contributed by atoms with Crippen LogP contribution in [0.15, 0.2) is 42.5 Å². The lowest BCUT2D eigenvalue weighted by molar-refractivity contribution is -0.137. The van der Waals surface area contributed by atoms with Crippen LogP contribution in [0.2, 0.25) is 0 Å². The lowest BCUT2D eigenvalue weighted by Crippen LogP contribution is -2.16. The minimum atomic E-state index is -4.49. The summed E-state index contributed by atoms with van der Waals surface area (Å²) >= 11 is 0. The van der Waals surface area contributed by atoms with Gasteiger partial charge in [0, 0.05) is 11.6 Å². The molecule has 6 heteroatoms. The zero-order valence-electron chi connectivity index (χ0n) is 10.8. The van der Waals surface area contributed by atoms with Gasteiger partial charge in [0.2, 0.25) is 0 Å². The summed E-state index contributed by atoms with van der Waals surface area (Å²) in [6, 6.07) is 6.87. The van der Waals surface area contributed by atoms with Crippen molar-refractivity contribution in [3.63, 3.8) is 0 Å². The molecule has 0 aliphatic rings. The Hall–Kier alpha value is -1.95. The summed E-state index contributed by atoms with van der Waals surface area (Å²) < 4.78 is 64.9. The van der Waals surface area contributed by atoms with E-state index in [0.29, 0.717) is 0 Å². The van der Waals surface area contributed by atoms with Crippen molar-refractivity contribution in [3.8, 4) is 0 Å². The van der Waals surface area contributed by atoms with E-state index in [1.807, 2.05) is 0 Å². The third-order valence-corrected chi connectivity index (χ3v) is 3.13. The van der Waals surface area contributed by atoms with Gasteiger partial charge in [0.05, 0.1) is 5.56 Å². The molecule has 1 atom stereocenters. The summed E-state index contributed by atoms with van der Waals surface area (Å²) in [7, 11) is 0. The van der Waals surface area contributed by atoms with Crippen molar-refractivity contribution in [2.24, 2.45) is 5.73 Å². The van der Waals surface area contributed by atoms with Crippen molar-refractivity contribution in [2.75, 3.05) is 0 Å². The maximum absolute atomic E-state index is 13.5. The van der Waals surface area contributed by atoms with E-state index in [-0.39, 0.29) is 17.5 Å². The Morgan fingerprint density at radius 3 is 2.10 bits per heavy atom. The maximum atomic E-state index is 13.5. The molecule has 2 aromatic carbocycles. The van der Waals surface area contributed by atoms with Crippen LogP contribution in [-0.4, -0.2) is 0 Å². The van der Waals surface area contributed by atoms with Crippen LogP contribution in [-0.2, 0) is 12.6 Å². The second-order valence-electron chi connectivity index (χ2n) is 4.63. The molecule has 0 aliphatic heterocycles. The topological polar surface area (TPSA) is 26.0 Å². The second-order valence-corrected chi connectivity index (χ2v) is 4.63. The number of nitrogens with two attached hydrogens (primary N) is 1. The summed E-state index contributed by atoms with van der Waals surface area (Å²) in [4.78, 5) is 0. The quantitative estimate of drug-likeness (QED) is 0.844. The van der Waals surface area contributed by atoms with Gasteiger partial charge in [-0.05, 0) is 36.2 Å². The molecule has 0 fully saturated rings. The number of hydrogen-bond donors (Lipinski definition) is 1. The molecule has 1 nitrogen and oxygen atoms in total. The highest BCUT2D eigenvalue weighted by atomic mass is 19.4. The predicted molar refractivity (Wildman–Crippen MR) is 68.4 cm³/mol. The summed E-state index contributed by atoms with van der Waals surface area (Å²) in [6.45, 7) is 0. The molecule has 2 rings (SSSR count). The van der Waals surface area contributed by atoms with Gasteiger partial charge in [-0.25, -0.2) is 8.78 Å². The summed E-state index contributed by atoms with van der Waals surface area (Å²) in [5.41, 5.74) is 4.87. The largest absolute Gasteiger partial charge is 0.416 e.